The molecule has 1 aliphatic carbocycles. The van der Waals surface area contributed by atoms with Crippen LogP contribution in [0.25, 0.3) is 0 Å². The molecule has 0 aromatic heterocycles. The Kier molecular flexibility index (Phi) is 6.78. The summed E-state index contributed by atoms with van der Waals surface area (Å²) in [6.07, 6.45) is 5.61. The van der Waals surface area contributed by atoms with E-state index in [4.69, 9.17) is 10.1 Å². The molecule has 1 aromatic carbocycles. The lowest BCUT2D eigenvalue weighted by atomic mass is 9.83. The first-order valence-electron chi connectivity index (χ1n) is 8.50. The maximum absolute atomic E-state index is 12.0. The Morgan fingerprint density at radius 1 is 1.21 bits per heavy atom. The van der Waals surface area contributed by atoms with Crippen molar-refractivity contribution >= 4 is 23.4 Å². The van der Waals surface area contributed by atoms with Crippen LogP contribution in [-0.4, -0.2) is 30.9 Å². The first kappa shape index (κ1) is 18.0. The highest BCUT2D eigenvalue weighted by atomic mass is 16.5. The maximum Gasteiger partial charge on any atom is 0.325 e. The standard InChI is InChI=1S/C18H25N3O3/c1-2-24-16(22)12-20-18(23)21-15-11-7-6-10-14(15)17(19)13-8-4-3-5-9-13/h6-7,10-11,13,19H,2-5,8-9,12H2,1H3,(H2,20,21,23). The molecule has 2 rings (SSSR count). The van der Waals surface area contributed by atoms with Crippen LogP contribution in [0.4, 0.5) is 10.5 Å². The minimum Gasteiger partial charge on any atom is -0.465 e. The number of rotatable bonds is 6. The van der Waals surface area contributed by atoms with E-state index in [1.54, 1.807) is 13.0 Å². The van der Waals surface area contributed by atoms with Crippen LogP contribution in [0.15, 0.2) is 24.3 Å². The van der Waals surface area contributed by atoms with Crippen LogP contribution in [0, 0.1) is 11.3 Å². The van der Waals surface area contributed by atoms with Crippen molar-refractivity contribution in [3.8, 4) is 0 Å². The van der Waals surface area contributed by atoms with Crippen LogP contribution in [0.2, 0.25) is 0 Å². The normalized spacial score (nSPS) is 14.7. The maximum atomic E-state index is 12.0. The first-order valence-corrected chi connectivity index (χ1v) is 8.50. The summed E-state index contributed by atoms with van der Waals surface area (Å²) in [5.74, 6) is -0.222. The lowest BCUT2D eigenvalue weighted by Crippen LogP contribution is -2.34. The molecule has 1 aliphatic rings. The monoisotopic (exact) mass is 331 g/mol. The van der Waals surface area contributed by atoms with Crippen molar-refractivity contribution in [2.24, 2.45) is 5.92 Å². The van der Waals surface area contributed by atoms with Gasteiger partial charge in [-0.2, -0.15) is 0 Å². The quantitative estimate of drug-likeness (QED) is 0.551. The van der Waals surface area contributed by atoms with Crippen molar-refractivity contribution in [1.82, 2.24) is 5.32 Å². The second-order valence-electron chi connectivity index (χ2n) is 5.91. The number of carbonyl (C=O) groups is 2. The van der Waals surface area contributed by atoms with Crippen molar-refractivity contribution in [2.45, 2.75) is 39.0 Å². The highest BCUT2D eigenvalue weighted by Crippen LogP contribution is 2.29. The van der Waals surface area contributed by atoms with Gasteiger partial charge >= 0.3 is 12.0 Å². The third-order valence-corrected chi connectivity index (χ3v) is 4.18. The second kappa shape index (κ2) is 9.05. The van der Waals surface area contributed by atoms with E-state index < -0.39 is 12.0 Å². The van der Waals surface area contributed by atoms with Gasteiger partial charge in [-0.3, -0.25) is 4.79 Å². The summed E-state index contributed by atoms with van der Waals surface area (Å²) in [6.45, 7) is 1.82. The van der Waals surface area contributed by atoms with Crippen molar-refractivity contribution in [2.75, 3.05) is 18.5 Å². The van der Waals surface area contributed by atoms with E-state index in [9.17, 15) is 9.59 Å². The van der Waals surface area contributed by atoms with Gasteiger partial charge in [0, 0.05) is 17.2 Å². The van der Waals surface area contributed by atoms with Gasteiger partial charge in [-0.15, -0.1) is 0 Å². The smallest absolute Gasteiger partial charge is 0.325 e. The van der Waals surface area contributed by atoms with Crippen LogP contribution in [-0.2, 0) is 9.53 Å². The molecule has 2 amide bonds. The molecular formula is C18H25N3O3. The van der Waals surface area contributed by atoms with Crippen molar-refractivity contribution in [1.29, 1.82) is 5.41 Å². The predicted octanol–water partition coefficient (Wildman–Crippen LogP) is 3.32. The van der Waals surface area contributed by atoms with Gasteiger partial charge < -0.3 is 20.8 Å². The molecule has 6 nitrogen and oxygen atoms in total. The average Bonchev–Trinajstić information content (AvgIpc) is 2.61. The Balaban J connectivity index is 1.99. The summed E-state index contributed by atoms with van der Waals surface area (Å²) in [4.78, 5) is 23.3. The van der Waals surface area contributed by atoms with Gasteiger partial charge in [0.25, 0.3) is 0 Å². The Labute approximate surface area is 142 Å². The van der Waals surface area contributed by atoms with Crippen molar-refractivity contribution in [3.05, 3.63) is 29.8 Å². The summed E-state index contributed by atoms with van der Waals surface area (Å²) in [7, 11) is 0. The molecule has 0 saturated heterocycles. The van der Waals surface area contributed by atoms with Gasteiger partial charge in [-0.05, 0) is 25.8 Å². The molecule has 0 heterocycles. The molecule has 0 radical (unpaired) electrons. The van der Waals surface area contributed by atoms with E-state index in [0.717, 1.165) is 31.2 Å². The van der Waals surface area contributed by atoms with Crippen molar-refractivity contribution < 1.29 is 14.3 Å². The number of esters is 1. The molecule has 0 unspecified atom stereocenters. The number of nitrogens with one attached hydrogen (secondary N) is 3. The minimum absolute atomic E-state index is 0.179. The van der Waals surface area contributed by atoms with E-state index in [-0.39, 0.29) is 19.1 Å². The van der Waals surface area contributed by atoms with Crippen LogP contribution >= 0.6 is 0 Å². The van der Waals surface area contributed by atoms with Crippen LogP contribution in [0.3, 0.4) is 0 Å². The molecule has 6 heteroatoms. The number of para-hydroxylation sites is 1. The molecule has 0 aliphatic heterocycles. The summed E-state index contributed by atoms with van der Waals surface area (Å²) >= 11 is 0. The number of amides is 2. The topological polar surface area (TPSA) is 91.3 Å². The van der Waals surface area contributed by atoms with Crippen molar-refractivity contribution in [3.63, 3.8) is 0 Å². The third kappa shape index (κ3) is 5.08. The first-order chi connectivity index (χ1) is 11.6. The van der Waals surface area contributed by atoms with Gasteiger partial charge in [-0.1, -0.05) is 37.5 Å². The largest absolute Gasteiger partial charge is 0.465 e. The number of carbonyl (C=O) groups excluding carboxylic acids is 2. The number of hydrogen-bond donors (Lipinski definition) is 3. The Hall–Kier alpha value is -2.37. The van der Waals surface area contributed by atoms with Crippen LogP contribution in [0.1, 0.15) is 44.6 Å². The van der Waals surface area contributed by atoms with E-state index in [1.807, 2.05) is 18.2 Å². The SMILES string of the molecule is CCOC(=O)CNC(=O)Nc1ccccc1C(=N)C1CCCCC1. The average molecular weight is 331 g/mol. The number of anilines is 1. The fraction of sp³-hybridized carbons (Fsp3) is 0.500. The molecule has 3 N–H and O–H groups in total. The molecule has 130 valence electrons. The highest BCUT2D eigenvalue weighted by molar-refractivity contribution is 6.07. The van der Waals surface area contributed by atoms with E-state index >= 15 is 0 Å². The van der Waals surface area contributed by atoms with Gasteiger partial charge in [0.15, 0.2) is 0 Å². The number of ether oxygens (including phenoxy) is 1. The fourth-order valence-electron chi connectivity index (χ4n) is 2.97. The molecule has 0 bridgehead atoms. The molecule has 0 atom stereocenters. The zero-order chi connectivity index (χ0) is 17.4. The van der Waals surface area contributed by atoms with Gasteiger partial charge in [0.05, 0.1) is 12.3 Å². The Bertz CT molecular complexity index is 595. The molecule has 1 fully saturated rings. The van der Waals surface area contributed by atoms with Gasteiger partial charge in [0.1, 0.15) is 6.54 Å². The van der Waals surface area contributed by atoms with Gasteiger partial charge in [-0.25, -0.2) is 4.79 Å². The van der Waals surface area contributed by atoms with Crippen LogP contribution < -0.4 is 10.6 Å². The Morgan fingerprint density at radius 2 is 1.92 bits per heavy atom. The zero-order valence-corrected chi connectivity index (χ0v) is 14.1. The third-order valence-electron chi connectivity index (χ3n) is 4.18. The van der Waals surface area contributed by atoms with E-state index in [1.165, 1.54) is 6.42 Å². The number of benzene rings is 1. The minimum atomic E-state index is -0.480. The summed E-state index contributed by atoms with van der Waals surface area (Å²) in [6, 6.07) is 6.84. The molecule has 0 spiro atoms. The fourth-order valence-corrected chi connectivity index (χ4v) is 2.97. The van der Waals surface area contributed by atoms with Gasteiger partial charge in [0.2, 0.25) is 0 Å². The predicted molar refractivity (Wildman–Crippen MR) is 93.5 cm³/mol. The lowest BCUT2D eigenvalue weighted by Gasteiger charge is -2.24. The number of urea groups is 1. The molecular weight excluding hydrogens is 306 g/mol. The molecule has 24 heavy (non-hydrogen) atoms. The highest BCUT2D eigenvalue weighted by Gasteiger charge is 2.21. The van der Waals surface area contributed by atoms with E-state index in [2.05, 4.69) is 10.6 Å². The summed E-state index contributed by atoms with van der Waals surface area (Å²) < 4.78 is 4.77. The molecule has 1 aromatic rings. The Morgan fingerprint density at radius 3 is 2.62 bits per heavy atom. The summed E-state index contributed by atoms with van der Waals surface area (Å²) in [5, 5.41) is 13.7. The van der Waals surface area contributed by atoms with E-state index in [0.29, 0.717) is 11.4 Å². The molecule has 1 saturated carbocycles. The van der Waals surface area contributed by atoms with Crippen LogP contribution in [0.5, 0.6) is 0 Å². The second-order valence-corrected chi connectivity index (χ2v) is 5.91. The summed E-state index contributed by atoms with van der Waals surface area (Å²) in [5.41, 5.74) is 1.92. The zero-order valence-electron chi connectivity index (χ0n) is 14.1. The number of hydrogen-bond acceptors (Lipinski definition) is 4. The lowest BCUT2D eigenvalue weighted by molar-refractivity contribution is -0.141.